The van der Waals surface area contributed by atoms with Crippen molar-refractivity contribution >= 4 is 40.6 Å². The summed E-state index contributed by atoms with van der Waals surface area (Å²) in [6.45, 7) is -0.834. The van der Waals surface area contributed by atoms with Crippen LogP contribution in [-0.2, 0) is 20.9 Å². The number of benzene rings is 4. The van der Waals surface area contributed by atoms with Gasteiger partial charge in [0.25, 0.3) is 17.6 Å². The lowest BCUT2D eigenvalue weighted by atomic mass is 10.0. The van der Waals surface area contributed by atoms with E-state index in [0.717, 1.165) is 10.6 Å². The van der Waals surface area contributed by atoms with Crippen molar-refractivity contribution in [1.82, 2.24) is 4.90 Å². The average molecular weight is 595 g/mol. The number of fused-ring (bicyclic) bond motifs is 1. The Morgan fingerprint density at radius 3 is 2.32 bits per heavy atom. The topological polar surface area (TPSA) is 99.3 Å². The summed E-state index contributed by atoms with van der Waals surface area (Å²) in [7, 11) is 5.28. The van der Waals surface area contributed by atoms with Crippen molar-refractivity contribution in [1.29, 1.82) is 0 Å². The van der Waals surface area contributed by atoms with Crippen LogP contribution in [-0.4, -0.2) is 56.2 Å². The van der Waals surface area contributed by atoms with Crippen molar-refractivity contribution in [2.45, 2.75) is 12.6 Å². The number of anilines is 3. The fourth-order valence-electron chi connectivity index (χ4n) is 5.10. The molecule has 0 aromatic heterocycles. The molecular formula is C34H31FN4O5. The minimum absolute atomic E-state index is 0.168. The Hall–Kier alpha value is -5.51. The zero-order valence-corrected chi connectivity index (χ0v) is 24.5. The number of nitrogens with zero attached hydrogens (tertiary/aromatic N) is 3. The second-order valence-corrected chi connectivity index (χ2v) is 10.5. The second kappa shape index (κ2) is 12.8. The maximum atomic E-state index is 15.0. The molecule has 1 heterocycles. The lowest BCUT2D eigenvalue weighted by Crippen LogP contribution is -2.46. The van der Waals surface area contributed by atoms with Gasteiger partial charge in [-0.3, -0.25) is 24.1 Å². The van der Waals surface area contributed by atoms with Crippen molar-refractivity contribution in [3.63, 3.8) is 0 Å². The quantitative estimate of drug-likeness (QED) is 0.264. The molecule has 3 amide bonds. The second-order valence-electron chi connectivity index (χ2n) is 10.5. The van der Waals surface area contributed by atoms with E-state index in [1.54, 1.807) is 60.7 Å². The number of halogens is 1. The SMILES string of the molecule is COc1cccc(C(C(=O)Nc2ccc(N(C)C)cc2)N(Cc2ccccc2F)C(=O)CN2C(=O)C(=O)c3ccccc32)c1. The highest BCUT2D eigenvalue weighted by atomic mass is 19.1. The zero-order valence-electron chi connectivity index (χ0n) is 24.5. The Kier molecular flexibility index (Phi) is 8.71. The molecule has 1 N–H and O–H groups in total. The van der Waals surface area contributed by atoms with Crippen LogP contribution in [0, 0.1) is 5.82 Å². The molecule has 5 rings (SSSR count). The van der Waals surface area contributed by atoms with Gasteiger partial charge in [-0.2, -0.15) is 0 Å². The van der Waals surface area contributed by atoms with Crippen LogP contribution < -0.4 is 19.9 Å². The molecule has 44 heavy (non-hydrogen) atoms. The van der Waals surface area contributed by atoms with Gasteiger partial charge in [-0.05, 0) is 60.2 Å². The van der Waals surface area contributed by atoms with Gasteiger partial charge in [-0.1, -0.05) is 42.5 Å². The first kappa shape index (κ1) is 30.0. The molecule has 10 heteroatoms. The van der Waals surface area contributed by atoms with E-state index < -0.39 is 41.9 Å². The summed E-state index contributed by atoms with van der Waals surface area (Å²) in [6, 6.07) is 24.9. The van der Waals surface area contributed by atoms with E-state index in [-0.39, 0.29) is 17.7 Å². The molecule has 0 fully saturated rings. The van der Waals surface area contributed by atoms with Crippen LogP contribution in [0.15, 0.2) is 97.1 Å². The van der Waals surface area contributed by atoms with E-state index in [9.17, 15) is 23.6 Å². The summed E-state index contributed by atoms with van der Waals surface area (Å²) < 4.78 is 20.4. The minimum Gasteiger partial charge on any atom is -0.497 e. The largest absolute Gasteiger partial charge is 0.497 e. The van der Waals surface area contributed by atoms with E-state index in [4.69, 9.17) is 4.74 Å². The Bertz CT molecular complexity index is 1720. The first-order valence-corrected chi connectivity index (χ1v) is 13.9. The van der Waals surface area contributed by atoms with Gasteiger partial charge in [-0.25, -0.2) is 4.39 Å². The maximum Gasteiger partial charge on any atom is 0.299 e. The Labute approximate surface area is 254 Å². The molecule has 0 spiro atoms. The number of carbonyl (C=O) groups excluding carboxylic acids is 4. The van der Waals surface area contributed by atoms with Crippen molar-refractivity contribution in [3.8, 4) is 5.75 Å². The zero-order chi connectivity index (χ0) is 31.4. The van der Waals surface area contributed by atoms with E-state index in [2.05, 4.69) is 5.32 Å². The van der Waals surface area contributed by atoms with E-state index in [1.165, 1.54) is 36.3 Å². The van der Waals surface area contributed by atoms with Crippen LogP contribution in [0.5, 0.6) is 5.75 Å². The van der Waals surface area contributed by atoms with Crippen molar-refractivity contribution < 1.29 is 28.3 Å². The summed E-state index contributed by atoms with van der Waals surface area (Å²) in [5, 5.41) is 2.88. The molecule has 0 aliphatic carbocycles. The Morgan fingerprint density at radius 2 is 1.61 bits per heavy atom. The number of nitrogens with one attached hydrogen (secondary N) is 1. The molecule has 1 aliphatic rings. The molecule has 4 aromatic carbocycles. The number of methoxy groups -OCH3 is 1. The van der Waals surface area contributed by atoms with Gasteiger partial charge >= 0.3 is 0 Å². The average Bonchev–Trinajstić information content (AvgIpc) is 3.26. The van der Waals surface area contributed by atoms with Gasteiger partial charge in [0.1, 0.15) is 24.2 Å². The van der Waals surface area contributed by atoms with Crippen molar-refractivity contribution in [2.24, 2.45) is 0 Å². The number of hydrogen-bond acceptors (Lipinski definition) is 6. The summed E-state index contributed by atoms with van der Waals surface area (Å²) in [5.74, 6) is -2.93. The molecule has 4 aromatic rings. The van der Waals surface area contributed by atoms with Gasteiger partial charge in [-0.15, -0.1) is 0 Å². The number of ketones is 1. The van der Waals surface area contributed by atoms with E-state index >= 15 is 0 Å². The number of rotatable bonds is 10. The van der Waals surface area contributed by atoms with Gasteiger partial charge in [0.15, 0.2) is 0 Å². The summed E-state index contributed by atoms with van der Waals surface area (Å²) in [5.41, 5.74) is 2.47. The predicted octanol–water partition coefficient (Wildman–Crippen LogP) is 4.84. The summed E-state index contributed by atoms with van der Waals surface area (Å²) in [4.78, 5) is 58.2. The first-order valence-electron chi connectivity index (χ1n) is 13.9. The van der Waals surface area contributed by atoms with Crippen molar-refractivity contribution in [2.75, 3.05) is 42.9 Å². The standard InChI is InChI=1S/C34H31FN4O5/c1-37(2)25-17-15-24(16-18-25)36-33(42)31(22-10-8-11-26(19-22)44-3)39(20-23-9-4-6-13-28(23)35)30(40)21-38-29-14-7-5-12-27(29)32(41)34(38)43/h4-19,31H,20-21H2,1-3H3,(H,36,42). The third-order valence-electron chi connectivity index (χ3n) is 7.41. The normalized spacial score (nSPS) is 12.9. The Morgan fingerprint density at radius 1 is 0.909 bits per heavy atom. The maximum absolute atomic E-state index is 15.0. The number of para-hydroxylation sites is 1. The molecule has 1 atom stereocenters. The molecular weight excluding hydrogens is 563 g/mol. The van der Waals surface area contributed by atoms with Crippen LogP contribution in [0.4, 0.5) is 21.5 Å². The molecule has 224 valence electrons. The highest BCUT2D eigenvalue weighted by Crippen LogP contribution is 2.32. The Balaban J connectivity index is 1.56. The molecule has 0 bridgehead atoms. The summed E-state index contributed by atoms with van der Waals surface area (Å²) in [6.07, 6.45) is 0. The molecule has 1 aliphatic heterocycles. The third-order valence-corrected chi connectivity index (χ3v) is 7.41. The van der Waals surface area contributed by atoms with E-state index in [0.29, 0.717) is 22.7 Å². The number of Topliss-reactive ketones (excluding diaryl/α,β-unsaturated/α-hetero) is 1. The van der Waals surface area contributed by atoms with E-state index in [1.807, 2.05) is 31.1 Å². The minimum atomic E-state index is -1.27. The fourth-order valence-corrected chi connectivity index (χ4v) is 5.10. The molecule has 0 saturated heterocycles. The van der Waals surface area contributed by atoms with Gasteiger partial charge in [0, 0.05) is 37.6 Å². The number of hydrogen-bond donors (Lipinski definition) is 1. The first-order chi connectivity index (χ1) is 21.2. The van der Waals surface area contributed by atoms with Gasteiger partial charge < -0.3 is 19.9 Å². The van der Waals surface area contributed by atoms with Crippen LogP contribution in [0.3, 0.4) is 0 Å². The van der Waals surface area contributed by atoms with Gasteiger partial charge in [0.2, 0.25) is 5.91 Å². The highest BCUT2D eigenvalue weighted by molar-refractivity contribution is 6.52. The van der Waals surface area contributed by atoms with Crippen LogP contribution in [0.2, 0.25) is 0 Å². The molecule has 1 unspecified atom stereocenters. The molecule has 9 nitrogen and oxygen atoms in total. The fraction of sp³-hybridized carbons (Fsp3) is 0.176. The smallest absolute Gasteiger partial charge is 0.299 e. The molecule has 0 radical (unpaired) electrons. The predicted molar refractivity (Wildman–Crippen MR) is 165 cm³/mol. The highest BCUT2D eigenvalue weighted by Gasteiger charge is 2.39. The molecule has 0 saturated carbocycles. The van der Waals surface area contributed by atoms with Crippen molar-refractivity contribution in [3.05, 3.63) is 120 Å². The number of ether oxygens (including phenoxy) is 1. The monoisotopic (exact) mass is 594 g/mol. The van der Waals surface area contributed by atoms with Crippen LogP contribution in [0.1, 0.15) is 27.5 Å². The van der Waals surface area contributed by atoms with Crippen LogP contribution in [0.25, 0.3) is 0 Å². The summed E-state index contributed by atoms with van der Waals surface area (Å²) >= 11 is 0. The number of amides is 3. The lowest BCUT2D eigenvalue weighted by molar-refractivity contribution is -0.139. The number of carbonyl (C=O) groups is 4. The van der Waals surface area contributed by atoms with Crippen LogP contribution >= 0.6 is 0 Å². The lowest BCUT2D eigenvalue weighted by Gasteiger charge is -2.33. The third kappa shape index (κ3) is 6.14. The van der Waals surface area contributed by atoms with Gasteiger partial charge in [0.05, 0.1) is 18.4 Å².